The van der Waals surface area contributed by atoms with Crippen LogP contribution in [0.3, 0.4) is 0 Å². The van der Waals surface area contributed by atoms with Gasteiger partial charge in [0.15, 0.2) is 5.76 Å². The maximum absolute atomic E-state index is 12.7. The molecule has 0 saturated heterocycles. The van der Waals surface area contributed by atoms with Crippen LogP contribution in [0.2, 0.25) is 5.02 Å². The molecule has 120 valence electrons. The van der Waals surface area contributed by atoms with E-state index in [9.17, 15) is 4.79 Å². The van der Waals surface area contributed by atoms with Crippen LogP contribution in [0.25, 0.3) is 0 Å². The number of carbonyl (C=O) groups excluding carboxylic acids is 1. The normalized spacial score (nSPS) is 17.1. The molecule has 0 aliphatic carbocycles. The quantitative estimate of drug-likeness (QED) is 0.704. The van der Waals surface area contributed by atoms with Crippen LogP contribution >= 0.6 is 11.6 Å². The zero-order valence-electron chi connectivity index (χ0n) is 12.6. The van der Waals surface area contributed by atoms with Crippen molar-refractivity contribution >= 4 is 23.2 Å². The Morgan fingerprint density at radius 1 is 1.08 bits per heavy atom. The second-order valence-corrected chi connectivity index (χ2v) is 5.86. The molecule has 0 spiro atoms. The van der Waals surface area contributed by atoms with Crippen molar-refractivity contribution in [3.05, 3.63) is 83.2 Å². The van der Waals surface area contributed by atoms with Gasteiger partial charge in [-0.1, -0.05) is 23.7 Å². The molecule has 3 heterocycles. The van der Waals surface area contributed by atoms with Crippen LogP contribution in [-0.4, -0.2) is 16.6 Å². The fourth-order valence-corrected chi connectivity index (χ4v) is 2.87. The van der Waals surface area contributed by atoms with Crippen molar-refractivity contribution in [1.82, 2.24) is 5.01 Å². The van der Waals surface area contributed by atoms with Crippen molar-refractivity contribution in [2.75, 3.05) is 0 Å². The second kappa shape index (κ2) is 6.02. The van der Waals surface area contributed by atoms with Crippen LogP contribution in [0.5, 0.6) is 0 Å². The van der Waals surface area contributed by atoms with Crippen molar-refractivity contribution in [1.29, 1.82) is 0 Å². The van der Waals surface area contributed by atoms with Crippen molar-refractivity contribution in [3.8, 4) is 0 Å². The molecule has 0 N–H and O–H groups in total. The van der Waals surface area contributed by atoms with Gasteiger partial charge in [-0.25, -0.2) is 5.01 Å². The first-order valence-electron chi connectivity index (χ1n) is 7.46. The van der Waals surface area contributed by atoms with E-state index in [0.29, 0.717) is 17.2 Å². The Hall–Kier alpha value is -2.79. The summed E-state index contributed by atoms with van der Waals surface area (Å²) in [7, 11) is 0. The SMILES string of the molecule is O=C(c1ccco1)N1N=C(c2ccco2)CC1c1ccc(Cl)cc1. The van der Waals surface area contributed by atoms with Gasteiger partial charge in [-0.15, -0.1) is 0 Å². The molecule has 0 radical (unpaired) electrons. The summed E-state index contributed by atoms with van der Waals surface area (Å²) in [6.45, 7) is 0. The fourth-order valence-electron chi connectivity index (χ4n) is 2.75. The van der Waals surface area contributed by atoms with E-state index in [4.69, 9.17) is 20.4 Å². The average Bonchev–Trinajstić information content (AvgIpc) is 3.34. The maximum Gasteiger partial charge on any atom is 0.310 e. The number of amides is 1. The second-order valence-electron chi connectivity index (χ2n) is 5.42. The summed E-state index contributed by atoms with van der Waals surface area (Å²) in [5.74, 6) is 0.614. The highest BCUT2D eigenvalue weighted by molar-refractivity contribution is 6.30. The number of benzene rings is 1. The topological polar surface area (TPSA) is 59.0 Å². The number of furan rings is 2. The molecule has 0 fully saturated rings. The van der Waals surface area contributed by atoms with E-state index in [1.165, 1.54) is 11.3 Å². The van der Waals surface area contributed by atoms with E-state index in [0.717, 1.165) is 11.3 Å². The van der Waals surface area contributed by atoms with Crippen LogP contribution < -0.4 is 0 Å². The summed E-state index contributed by atoms with van der Waals surface area (Å²) in [6.07, 6.45) is 3.62. The molecular weight excluding hydrogens is 328 g/mol. The van der Waals surface area contributed by atoms with Gasteiger partial charge in [0.25, 0.3) is 0 Å². The third kappa shape index (κ3) is 2.63. The van der Waals surface area contributed by atoms with E-state index in [1.54, 1.807) is 36.6 Å². The lowest BCUT2D eigenvalue weighted by Gasteiger charge is -2.21. The zero-order valence-corrected chi connectivity index (χ0v) is 13.3. The Morgan fingerprint density at radius 3 is 2.50 bits per heavy atom. The standard InChI is InChI=1S/C18H13ClN2O3/c19-13-7-5-12(6-8-13)15-11-14(16-3-1-9-23-16)20-21(15)18(22)17-4-2-10-24-17/h1-10,15H,11H2. The Morgan fingerprint density at radius 2 is 1.83 bits per heavy atom. The Balaban J connectivity index is 1.72. The minimum Gasteiger partial charge on any atom is -0.463 e. The van der Waals surface area contributed by atoms with Crippen LogP contribution in [0.15, 0.2) is 75.0 Å². The lowest BCUT2D eigenvalue weighted by atomic mass is 10.0. The largest absolute Gasteiger partial charge is 0.463 e. The first-order valence-corrected chi connectivity index (χ1v) is 7.84. The zero-order chi connectivity index (χ0) is 16.5. The first-order chi connectivity index (χ1) is 11.7. The van der Waals surface area contributed by atoms with Crippen molar-refractivity contribution < 1.29 is 13.6 Å². The van der Waals surface area contributed by atoms with Crippen LogP contribution in [0.4, 0.5) is 0 Å². The Bertz CT molecular complexity index is 868. The van der Waals surface area contributed by atoms with Crippen molar-refractivity contribution in [3.63, 3.8) is 0 Å². The Labute approximate surface area is 143 Å². The van der Waals surface area contributed by atoms with Gasteiger partial charge in [-0.2, -0.15) is 5.10 Å². The van der Waals surface area contributed by atoms with E-state index < -0.39 is 0 Å². The highest BCUT2D eigenvalue weighted by atomic mass is 35.5. The van der Waals surface area contributed by atoms with Crippen molar-refractivity contribution in [2.45, 2.75) is 12.5 Å². The first kappa shape index (κ1) is 14.8. The molecule has 24 heavy (non-hydrogen) atoms. The monoisotopic (exact) mass is 340 g/mol. The van der Waals surface area contributed by atoms with Gasteiger partial charge in [0.05, 0.1) is 18.6 Å². The Kier molecular flexibility index (Phi) is 3.70. The van der Waals surface area contributed by atoms with E-state index in [1.807, 2.05) is 18.2 Å². The molecule has 3 aromatic rings. The van der Waals surface area contributed by atoms with Gasteiger partial charge in [0.1, 0.15) is 11.5 Å². The number of rotatable bonds is 3. The minimum atomic E-state index is -0.290. The third-order valence-corrected chi connectivity index (χ3v) is 4.16. The molecule has 2 aromatic heterocycles. The van der Waals surface area contributed by atoms with Crippen LogP contribution in [0.1, 0.15) is 34.3 Å². The lowest BCUT2D eigenvalue weighted by Crippen LogP contribution is -2.26. The molecule has 1 aliphatic heterocycles. The highest BCUT2D eigenvalue weighted by Crippen LogP contribution is 2.34. The lowest BCUT2D eigenvalue weighted by molar-refractivity contribution is 0.0678. The van der Waals surface area contributed by atoms with Gasteiger partial charge in [0, 0.05) is 11.4 Å². The van der Waals surface area contributed by atoms with Gasteiger partial charge in [-0.05, 0) is 42.0 Å². The number of hydrazone groups is 1. The molecule has 6 heteroatoms. The number of carbonyl (C=O) groups is 1. The summed E-state index contributed by atoms with van der Waals surface area (Å²) in [6, 6.07) is 14.1. The molecule has 4 rings (SSSR count). The van der Waals surface area contributed by atoms with Crippen LogP contribution in [0, 0.1) is 0 Å². The molecule has 0 bridgehead atoms. The van der Waals surface area contributed by atoms with Crippen molar-refractivity contribution in [2.24, 2.45) is 5.10 Å². The molecule has 1 aromatic carbocycles. The van der Waals surface area contributed by atoms with Crippen LogP contribution in [-0.2, 0) is 0 Å². The van der Waals surface area contributed by atoms with E-state index in [2.05, 4.69) is 5.10 Å². The molecule has 1 amide bonds. The van der Waals surface area contributed by atoms with Gasteiger partial charge in [-0.3, -0.25) is 4.79 Å². The number of hydrogen-bond donors (Lipinski definition) is 0. The summed E-state index contributed by atoms with van der Waals surface area (Å²) in [5.41, 5.74) is 1.67. The summed E-state index contributed by atoms with van der Waals surface area (Å²) in [5, 5.41) is 6.57. The average molecular weight is 341 g/mol. The third-order valence-electron chi connectivity index (χ3n) is 3.91. The highest BCUT2D eigenvalue weighted by Gasteiger charge is 2.35. The summed E-state index contributed by atoms with van der Waals surface area (Å²) < 4.78 is 10.7. The number of nitrogens with zero attached hydrogens (tertiary/aromatic N) is 2. The maximum atomic E-state index is 12.7. The van der Waals surface area contributed by atoms with Gasteiger partial charge in [0.2, 0.25) is 0 Å². The molecule has 1 unspecified atom stereocenters. The molecule has 0 saturated carbocycles. The predicted octanol–water partition coefficient (Wildman–Crippen LogP) is 4.52. The molecule has 1 atom stereocenters. The molecule has 1 aliphatic rings. The molecule has 5 nitrogen and oxygen atoms in total. The minimum absolute atomic E-state index is 0.236. The number of hydrogen-bond acceptors (Lipinski definition) is 4. The molecular formula is C18H13ClN2O3. The predicted molar refractivity (Wildman–Crippen MR) is 88.9 cm³/mol. The van der Waals surface area contributed by atoms with Gasteiger partial charge < -0.3 is 8.83 Å². The van der Waals surface area contributed by atoms with E-state index in [-0.39, 0.29) is 17.7 Å². The fraction of sp³-hybridized carbons (Fsp3) is 0.111. The van der Waals surface area contributed by atoms with Gasteiger partial charge >= 0.3 is 5.91 Å². The van der Waals surface area contributed by atoms with E-state index >= 15 is 0 Å². The summed E-state index contributed by atoms with van der Waals surface area (Å²) >= 11 is 5.97. The smallest absolute Gasteiger partial charge is 0.310 e. The summed E-state index contributed by atoms with van der Waals surface area (Å²) in [4.78, 5) is 12.7. The number of halogens is 1.